The molecule has 1 atom stereocenters. The van der Waals surface area contributed by atoms with E-state index in [1.54, 1.807) is 12.1 Å². The van der Waals surface area contributed by atoms with E-state index in [0.717, 1.165) is 41.3 Å². The predicted octanol–water partition coefficient (Wildman–Crippen LogP) is 6.15. The van der Waals surface area contributed by atoms with E-state index < -0.39 is 16.7 Å². The lowest BCUT2D eigenvalue weighted by Gasteiger charge is -2.43. The number of hydrogen-bond acceptors (Lipinski definition) is 4. The van der Waals surface area contributed by atoms with Gasteiger partial charge in [0.2, 0.25) is 0 Å². The number of alkyl halides is 1. The first-order valence-electron chi connectivity index (χ1n) is 11.3. The number of nitrogens with two attached hydrogens (primary N) is 1. The smallest absolute Gasteiger partial charge is 0.130 e. The van der Waals surface area contributed by atoms with Gasteiger partial charge in [-0.3, -0.25) is 0 Å². The summed E-state index contributed by atoms with van der Waals surface area (Å²) in [7, 11) is 0. The summed E-state index contributed by atoms with van der Waals surface area (Å²) >= 11 is 0. The maximum Gasteiger partial charge on any atom is 0.130 e. The summed E-state index contributed by atoms with van der Waals surface area (Å²) in [6.07, 6.45) is 4.01. The molecule has 174 valence electrons. The fraction of sp³-hybridized carbons (Fsp3) is 0.429. The standard InChI is InChI=1S/C28H34FN3O/c1-18-13-20(27(17-32)11-12-27)8-9-22(18)19-7-10-23(24(14-19)26(5,6)29)28(33,25(2,3)4)21(15-30)16-31/h7-10,13-16,30,33H,11-12,31H2,1-6H3/b21-16+,30-15?. The number of nitriles is 1. The minimum absolute atomic E-state index is 0.208. The van der Waals surface area contributed by atoms with Crippen LogP contribution >= 0.6 is 0 Å². The molecule has 1 saturated carbocycles. The topological polar surface area (TPSA) is 93.9 Å². The van der Waals surface area contributed by atoms with E-state index in [1.807, 2.05) is 45.9 Å². The second-order valence-corrected chi connectivity index (χ2v) is 10.7. The van der Waals surface area contributed by atoms with Crippen molar-refractivity contribution in [1.29, 1.82) is 10.7 Å². The van der Waals surface area contributed by atoms with Gasteiger partial charge in [-0.1, -0.05) is 51.1 Å². The van der Waals surface area contributed by atoms with Crippen LogP contribution < -0.4 is 5.73 Å². The number of hydrogen-bond donors (Lipinski definition) is 3. The molecule has 2 aromatic rings. The van der Waals surface area contributed by atoms with Gasteiger partial charge in [0, 0.05) is 18.0 Å². The van der Waals surface area contributed by atoms with Crippen molar-refractivity contribution >= 4 is 6.21 Å². The number of rotatable bonds is 6. The van der Waals surface area contributed by atoms with Crippen molar-refractivity contribution < 1.29 is 9.50 Å². The number of nitrogens with one attached hydrogen (secondary N) is 1. The van der Waals surface area contributed by atoms with Gasteiger partial charge in [-0.05, 0) is 78.5 Å². The van der Waals surface area contributed by atoms with Crippen molar-refractivity contribution in [3.63, 3.8) is 0 Å². The molecule has 3 rings (SSSR count). The molecule has 4 N–H and O–H groups in total. The maximum atomic E-state index is 15.6. The average Bonchev–Trinajstić information content (AvgIpc) is 3.54. The largest absolute Gasteiger partial charge is 0.404 e. The van der Waals surface area contributed by atoms with Gasteiger partial charge in [0.15, 0.2) is 0 Å². The van der Waals surface area contributed by atoms with Crippen molar-refractivity contribution in [2.45, 2.75) is 71.1 Å². The van der Waals surface area contributed by atoms with Crippen LogP contribution in [0.4, 0.5) is 4.39 Å². The number of aryl methyl sites for hydroxylation is 1. The van der Waals surface area contributed by atoms with Crippen LogP contribution in [-0.2, 0) is 16.7 Å². The van der Waals surface area contributed by atoms with Gasteiger partial charge < -0.3 is 16.2 Å². The Balaban J connectivity index is 2.22. The van der Waals surface area contributed by atoms with E-state index in [0.29, 0.717) is 11.1 Å². The van der Waals surface area contributed by atoms with E-state index in [2.05, 4.69) is 12.1 Å². The molecule has 1 aliphatic carbocycles. The fourth-order valence-electron chi connectivity index (χ4n) is 4.66. The maximum absolute atomic E-state index is 15.6. The van der Waals surface area contributed by atoms with E-state index in [1.165, 1.54) is 20.0 Å². The molecule has 0 bridgehead atoms. The highest BCUT2D eigenvalue weighted by Crippen LogP contribution is 2.50. The lowest BCUT2D eigenvalue weighted by Crippen LogP contribution is -2.44. The Hall–Kier alpha value is -2.97. The lowest BCUT2D eigenvalue weighted by molar-refractivity contribution is -0.0269. The lowest BCUT2D eigenvalue weighted by atomic mass is 9.66. The molecule has 0 amide bonds. The highest BCUT2D eigenvalue weighted by atomic mass is 19.1. The normalized spacial score (nSPS) is 17.7. The average molecular weight is 448 g/mol. The Morgan fingerprint density at radius 3 is 2.18 bits per heavy atom. The highest BCUT2D eigenvalue weighted by Gasteiger charge is 2.47. The summed E-state index contributed by atoms with van der Waals surface area (Å²) in [4.78, 5) is 0. The summed E-state index contributed by atoms with van der Waals surface area (Å²) in [5.74, 6) is 0. The zero-order chi connectivity index (χ0) is 24.8. The third-order valence-electron chi connectivity index (χ3n) is 6.94. The molecule has 33 heavy (non-hydrogen) atoms. The third kappa shape index (κ3) is 4.09. The van der Waals surface area contributed by atoms with Crippen LogP contribution in [0.1, 0.15) is 69.7 Å². The first-order valence-corrected chi connectivity index (χ1v) is 11.3. The molecule has 0 spiro atoms. The first-order chi connectivity index (χ1) is 15.2. The Labute approximate surface area is 196 Å². The molecule has 0 aromatic heterocycles. The summed E-state index contributed by atoms with van der Waals surface area (Å²) < 4.78 is 15.6. The summed E-state index contributed by atoms with van der Waals surface area (Å²) in [6.45, 7) is 10.5. The van der Waals surface area contributed by atoms with Gasteiger partial charge in [-0.15, -0.1) is 0 Å². The predicted molar refractivity (Wildman–Crippen MR) is 132 cm³/mol. The van der Waals surface area contributed by atoms with Crippen LogP contribution in [0, 0.1) is 29.1 Å². The van der Waals surface area contributed by atoms with Crippen molar-refractivity contribution in [2.24, 2.45) is 11.1 Å². The minimum Gasteiger partial charge on any atom is -0.404 e. The Morgan fingerprint density at radius 2 is 1.76 bits per heavy atom. The monoisotopic (exact) mass is 447 g/mol. The van der Waals surface area contributed by atoms with Gasteiger partial charge in [0.1, 0.15) is 11.3 Å². The zero-order valence-electron chi connectivity index (χ0n) is 20.4. The molecule has 4 nitrogen and oxygen atoms in total. The number of halogens is 1. The van der Waals surface area contributed by atoms with Crippen LogP contribution in [0.2, 0.25) is 0 Å². The number of benzene rings is 2. The van der Waals surface area contributed by atoms with Crippen LogP contribution in [-0.4, -0.2) is 11.3 Å². The van der Waals surface area contributed by atoms with Crippen molar-refractivity contribution in [1.82, 2.24) is 0 Å². The molecule has 0 aliphatic heterocycles. The molecular formula is C28H34FN3O. The highest BCUT2D eigenvalue weighted by molar-refractivity contribution is 5.80. The van der Waals surface area contributed by atoms with Gasteiger partial charge in [-0.25, -0.2) is 4.39 Å². The number of aliphatic hydroxyl groups is 1. The molecule has 2 aromatic carbocycles. The number of nitrogens with zero attached hydrogens (tertiary/aromatic N) is 1. The molecule has 1 fully saturated rings. The SMILES string of the molecule is Cc1cc(C2(C#N)CC2)ccc1-c1ccc(C(O)(/C(C=N)=C/N)C(C)(C)C)c(C(C)(C)F)c1. The molecule has 5 heteroatoms. The molecule has 0 heterocycles. The quantitative estimate of drug-likeness (QED) is 0.464. The van der Waals surface area contributed by atoms with Crippen LogP contribution in [0.5, 0.6) is 0 Å². The van der Waals surface area contributed by atoms with E-state index >= 15 is 4.39 Å². The first kappa shape index (κ1) is 24.7. The Kier molecular flexibility index (Phi) is 6.06. The van der Waals surface area contributed by atoms with Crippen molar-refractivity contribution in [3.05, 3.63) is 70.4 Å². The van der Waals surface area contributed by atoms with Gasteiger partial charge >= 0.3 is 0 Å². The van der Waals surface area contributed by atoms with Gasteiger partial charge in [0.05, 0.1) is 11.5 Å². The fourth-order valence-corrected chi connectivity index (χ4v) is 4.66. The molecule has 0 radical (unpaired) electrons. The molecule has 1 aliphatic rings. The van der Waals surface area contributed by atoms with E-state index in [4.69, 9.17) is 11.1 Å². The summed E-state index contributed by atoms with van der Waals surface area (Å²) in [5.41, 5.74) is 6.01. The van der Waals surface area contributed by atoms with Gasteiger partial charge in [0.25, 0.3) is 0 Å². The Morgan fingerprint density at radius 1 is 1.12 bits per heavy atom. The molecule has 1 unspecified atom stereocenters. The van der Waals surface area contributed by atoms with Crippen molar-refractivity contribution in [3.8, 4) is 17.2 Å². The minimum atomic E-state index is -1.75. The molecular weight excluding hydrogens is 413 g/mol. The van der Waals surface area contributed by atoms with Crippen LogP contribution in [0.3, 0.4) is 0 Å². The second kappa shape index (κ2) is 8.11. The van der Waals surface area contributed by atoms with E-state index in [9.17, 15) is 10.4 Å². The van der Waals surface area contributed by atoms with Gasteiger partial charge in [-0.2, -0.15) is 5.26 Å². The summed E-state index contributed by atoms with van der Waals surface area (Å²) in [6, 6.07) is 13.9. The Bertz CT molecular complexity index is 1160. The molecule has 0 saturated heterocycles. The third-order valence-corrected chi connectivity index (χ3v) is 6.94. The van der Waals surface area contributed by atoms with Crippen LogP contribution in [0.25, 0.3) is 11.1 Å². The van der Waals surface area contributed by atoms with E-state index in [-0.39, 0.29) is 11.0 Å². The summed E-state index contributed by atoms with van der Waals surface area (Å²) in [5, 5.41) is 29.2. The zero-order valence-corrected chi connectivity index (χ0v) is 20.4. The van der Waals surface area contributed by atoms with Crippen LogP contribution in [0.15, 0.2) is 48.2 Å². The second-order valence-electron chi connectivity index (χ2n) is 10.7. The van der Waals surface area contributed by atoms with Crippen molar-refractivity contribution in [2.75, 3.05) is 0 Å².